The highest BCUT2D eigenvalue weighted by atomic mass is 16.8. The van der Waals surface area contributed by atoms with Crippen molar-refractivity contribution < 1.29 is 34.0 Å². The third-order valence-electron chi connectivity index (χ3n) is 1.71. The smallest absolute Gasteiger partial charge is 0.450 e. The first kappa shape index (κ1) is 10.6. The Balaban J connectivity index is 2.66. The zero-order valence-electron chi connectivity index (χ0n) is 7.26. The first-order valence-electron chi connectivity index (χ1n) is 3.96. The number of carbonyl (C=O) groups is 2. The SMILES string of the molecule is O=C(O)OC1(OC(=O)O)CCCOC1. The van der Waals surface area contributed by atoms with E-state index in [0.717, 1.165) is 0 Å². The molecule has 1 rings (SSSR count). The average molecular weight is 206 g/mol. The molecule has 1 saturated heterocycles. The maximum atomic E-state index is 10.3. The summed E-state index contributed by atoms with van der Waals surface area (Å²) >= 11 is 0. The molecule has 14 heavy (non-hydrogen) atoms. The third-order valence-corrected chi connectivity index (χ3v) is 1.71. The summed E-state index contributed by atoms with van der Waals surface area (Å²) in [6.45, 7) is 0.235. The molecule has 0 atom stereocenters. The highest BCUT2D eigenvalue weighted by Crippen LogP contribution is 2.25. The highest BCUT2D eigenvalue weighted by Gasteiger charge is 2.41. The van der Waals surface area contributed by atoms with Crippen LogP contribution < -0.4 is 0 Å². The van der Waals surface area contributed by atoms with Crippen LogP contribution >= 0.6 is 0 Å². The molecule has 1 aliphatic heterocycles. The van der Waals surface area contributed by atoms with Crippen LogP contribution in [0.5, 0.6) is 0 Å². The Morgan fingerprint density at radius 2 is 1.79 bits per heavy atom. The van der Waals surface area contributed by atoms with Gasteiger partial charge in [0.25, 0.3) is 5.79 Å². The van der Waals surface area contributed by atoms with Gasteiger partial charge in [0, 0.05) is 13.0 Å². The fourth-order valence-electron chi connectivity index (χ4n) is 1.24. The molecule has 0 amide bonds. The Kier molecular flexibility index (Phi) is 3.13. The van der Waals surface area contributed by atoms with Crippen LogP contribution in [0.4, 0.5) is 9.59 Å². The highest BCUT2D eigenvalue weighted by molar-refractivity contribution is 5.60. The lowest BCUT2D eigenvalue weighted by Crippen LogP contribution is -2.46. The standard InChI is InChI=1S/C7H10O7/c8-5(9)13-7(14-6(10)11)2-1-3-12-4-7/h1-4H2,(H,8,9)(H,10,11). The van der Waals surface area contributed by atoms with Crippen LogP contribution in [0.3, 0.4) is 0 Å². The summed E-state index contributed by atoms with van der Waals surface area (Å²) in [5.74, 6) is -1.70. The zero-order valence-corrected chi connectivity index (χ0v) is 7.26. The quantitative estimate of drug-likeness (QED) is 0.510. The third kappa shape index (κ3) is 2.77. The molecule has 80 valence electrons. The maximum Gasteiger partial charge on any atom is 0.509 e. The molecule has 1 fully saturated rings. The van der Waals surface area contributed by atoms with E-state index in [0.29, 0.717) is 13.0 Å². The molecule has 2 N–H and O–H groups in total. The fraction of sp³-hybridized carbons (Fsp3) is 0.714. The van der Waals surface area contributed by atoms with Gasteiger partial charge >= 0.3 is 12.3 Å². The van der Waals surface area contributed by atoms with E-state index in [4.69, 9.17) is 14.9 Å². The monoisotopic (exact) mass is 206 g/mol. The zero-order chi connectivity index (χ0) is 10.6. The van der Waals surface area contributed by atoms with E-state index in [1.807, 2.05) is 0 Å². The van der Waals surface area contributed by atoms with Crippen molar-refractivity contribution in [2.24, 2.45) is 0 Å². The van der Waals surface area contributed by atoms with E-state index < -0.39 is 18.1 Å². The van der Waals surface area contributed by atoms with Crippen LogP contribution in [0.2, 0.25) is 0 Å². The minimum atomic E-state index is -1.70. The number of hydrogen-bond donors (Lipinski definition) is 2. The van der Waals surface area contributed by atoms with Crippen molar-refractivity contribution in [1.29, 1.82) is 0 Å². The second kappa shape index (κ2) is 4.14. The van der Waals surface area contributed by atoms with Crippen molar-refractivity contribution in [2.75, 3.05) is 13.2 Å². The predicted octanol–water partition coefficient (Wildman–Crippen LogP) is 0.882. The van der Waals surface area contributed by atoms with Crippen LogP contribution in [0, 0.1) is 0 Å². The van der Waals surface area contributed by atoms with Crippen LogP contribution in [0.25, 0.3) is 0 Å². The molecule has 1 aliphatic rings. The Bertz CT molecular complexity index is 212. The van der Waals surface area contributed by atoms with Crippen molar-refractivity contribution in [2.45, 2.75) is 18.6 Å². The van der Waals surface area contributed by atoms with Gasteiger partial charge < -0.3 is 24.4 Å². The lowest BCUT2D eigenvalue weighted by Gasteiger charge is -2.32. The summed E-state index contributed by atoms with van der Waals surface area (Å²) in [5.41, 5.74) is 0. The maximum absolute atomic E-state index is 10.3. The summed E-state index contributed by atoms with van der Waals surface area (Å²) in [7, 11) is 0. The summed E-state index contributed by atoms with van der Waals surface area (Å²) in [6, 6.07) is 0. The van der Waals surface area contributed by atoms with Gasteiger partial charge in [-0.2, -0.15) is 0 Å². The first-order chi connectivity index (χ1) is 6.54. The first-order valence-corrected chi connectivity index (χ1v) is 3.96. The van der Waals surface area contributed by atoms with E-state index in [1.54, 1.807) is 0 Å². The van der Waals surface area contributed by atoms with Gasteiger partial charge in [0.2, 0.25) is 0 Å². The van der Waals surface area contributed by atoms with Crippen LogP contribution in [0.1, 0.15) is 12.8 Å². The topological polar surface area (TPSA) is 102 Å². The van der Waals surface area contributed by atoms with Crippen molar-refractivity contribution in [1.82, 2.24) is 0 Å². The van der Waals surface area contributed by atoms with E-state index in [-0.39, 0.29) is 13.0 Å². The molecule has 0 bridgehead atoms. The van der Waals surface area contributed by atoms with Gasteiger partial charge in [0.15, 0.2) is 0 Å². The Labute approximate surface area is 79.2 Å². The number of rotatable bonds is 2. The molecule has 0 radical (unpaired) electrons. The van der Waals surface area contributed by atoms with E-state index in [1.165, 1.54) is 0 Å². The van der Waals surface area contributed by atoms with Gasteiger partial charge in [-0.3, -0.25) is 0 Å². The Morgan fingerprint density at radius 1 is 1.21 bits per heavy atom. The normalized spacial score (nSPS) is 19.7. The van der Waals surface area contributed by atoms with E-state index in [9.17, 15) is 9.59 Å². The lowest BCUT2D eigenvalue weighted by atomic mass is 10.1. The molecular weight excluding hydrogens is 196 g/mol. The molecular formula is C7H10O7. The minimum Gasteiger partial charge on any atom is -0.450 e. The summed E-state index contributed by atoms with van der Waals surface area (Å²) in [6.07, 6.45) is -2.51. The fourth-order valence-corrected chi connectivity index (χ4v) is 1.24. The van der Waals surface area contributed by atoms with Crippen molar-refractivity contribution >= 4 is 12.3 Å². The summed E-state index contributed by atoms with van der Waals surface area (Å²) in [4.78, 5) is 20.6. The molecule has 1 heterocycles. The second-order valence-corrected chi connectivity index (χ2v) is 2.80. The van der Waals surface area contributed by atoms with Crippen LogP contribution in [-0.2, 0) is 14.2 Å². The molecule has 0 aromatic heterocycles. The molecule has 7 heteroatoms. The molecule has 0 aliphatic carbocycles. The van der Waals surface area contributed by atoms with Gasteiger partial charge in [0.05, 0.1) is 0 Å². The largest absolute Gasteiger partial charge is 0.509 e. The van der Waals surface area contributed by atoms with Gasteiger partial charge in [-0.25, -0.2) is 9.59 Å². The van der Waals surface area contributed by atoms with Crippen molar-refractivity contribution in [3.63, 3.8) is 0 Å². The van der Waals surface area contributed by atoms with Gasteiger partial charge in [0.1, 0.15) is 6.61 Å². The van der Waals surface area contributed by atoms with Crippen LogP contribution in [0.15, 0.2) is 0 Å². The van der Waals surface area contributed by atoms with Gasteiger partial charge in [-0.05, 0) is 6.42 Å². The molecule has 0 aromatic rings. The van der Waals surface area contributed by atoms with E-state index in [2.05, 4.69) is 9.47 Å². The van der Waals surface area contributed by atoms with Gasteiger partial charge in [-0.1, -0.05) is 0 Å². The molecule has 0 unspecified atom stereocenters. The van der Waals surface area contributed by atoms with E-state index >= 15 is 0 Å². The van der Waals surface area contributed by atoms with Crippen molar-refractivity contribution in [3.05, 3.63) is 0 Å². The Morgan fingerprint density at radius 3 is 2.14 bits per heavy atom. The van der Waals surface area contributed by atoms with Gasteiger partial charge in [-0.15, -0.1) is 0 Å². The summed E-state index contributed by atoms with van der Waals surface area (Å²) < 4.78 is 13.7. The minimum absolute atomic E-state index is 0.172. The molecule has 0 saturated carbocycles. The molecule has 0 aromatic carbocycles. The lowest BCUT2D eigenvalue weighted by molar-refractivity contribution is -0.232. The molecule has 7 nitrogen and oxygen atoms in total. The number of hydrogen-bond acceptors (Lipinski definition) is 5. The number of ether oxygens (including phenoxy) is 3. The molecule has 0 spiro atoms. The predicted molar refractivity (Wildman–Crippen MR) is 41.0 cm³/mol. The van der Waals surface area contributed by atoms with Crippen molar-refractivity contribution in [3.8, 4) is 0 Å². The average Bonchev–Trinajstić information content (AvgIpc) is 2.01. The summed E-state index contributed by atoms with van der Waals surface area (Å²) in [5, 5.41) is 16.8. The number of carboxylic acid groups (broad SMARTS) is 2. The Hall–Kier alpha value is -1.50. The van der Waals surface area contributed by atoms with Crippen LogP contribution in [-0.4, -0.2) is 41.5 Å². The second-order valence-electron chi connectivity index (χ2n) is 2.80.